The predicted molar refractivity (Wildman–Crippen MR) is 98.4 cm³/mol. The summed E-state index contributed by atoms with van der Waals surface area (Å²) in [6.45, 7) is 5.12. The number of aliphatic carboxylic acids is 2. The Morgan fingerprint density at radius 2 is 1.62 bits per heavy atom. The fourth-order valence-electron chi connectivity index (χ4n) is 2.71. The highest BCUT2D eigenvalue weighted by molar-refractivity contribution is 5.88. The highest BCUT2D eigenvalue weighted by Gasteiger charge is 2.31. The number of benzene rings is 1. The lowest BCUT2D eigenvalue weighted by Crippen LogP contribution is -2.24. The number of rotatable bonds is 10. The Labute approximate surface area is 153 Å². The van der Waals surface area contributed by atoms with Gasteiger partial charge in [-0.25, -0.2) is 9.59 Å². The molecule has 1 rings (SSSR count). The molecule has 142 valence electrons. The van der Waals surface area contributed by atoms with Crippen LogP contribution in [-0.2, 0) is 15.0 Å². The minimum atomic E-state index is -1.07. The summed E-state index contributed by atoms with van der Waals surface area (Å²) in [7, 11) is 0. The van der Waals surface area contributed by atoms with Gasteiger partial charge in [-0.2, -0.15) is 0 Å². The molecule has 0 aliphatic carbocycles. The van der Waals surface area contributed by atoms with E-state index in [1.165, 1.54) is 13.8 Å². The van der Waals surface area contributed by atoms with Crippen LogP contribution in [0.25, 0.3) is 0 Å². The average molecular weight is 362 g/mol. The van der Waals surface area contributed by atoms with Gasteiger partial charge in [0.15, 0.2) is 0 Å². The van der Waals surface area contributed by atoms with E-state index < -0.39 is 17.4 Å². The second-order valence-electron chi connectivity index (χ2n) is 6.08. The third-order valence-corrected chi connectivity index (χ3v) is 4.16. The van der Waals surface area contributed by atoms with Crippen molar-refractivity contribution in [2.75, 3.05) is 13.2 Å². The summed E-state index contributed by atoms with van der Waals surface area (Å²) >= 11 is 0. The standard InChI is InChI=1S/C20H26O6/c1-4-20(12-14(2)18(22)23,13-15(3)19(24)25)16-8-5-6-9-17(16)26-11-7-10-21/h5-6,8-9,12-13,21H,4,7,10-11H2,1-3H3,(H,22,23)(H,24,25). The van der Waals surface area contributed by atoms with E-state index in [4.69, 9.17) is 9.84 Å². The second-order valence-corrected chi connectivity index (χ2v) is 6.08. The molecule has 0 bridgehead atoms. The molecule has 0 aliphatic heterocycles. The van der Waals surface area contributed by atoms with Crippen molar-refractivity contribution in [1.82, 2.24) is 0 Å². The molecule has 1 aromatic rings. The Morgan fingerprint density at radius 3 is 2.08 bits per heavy atom. The van der Waals surface area contributed by atoms with Crippen LogP contribution < -0.4 is 4.74 Å². The van der Waals surface area contributed by atoms with E-state index in [2.05, 4.69) is 0 Å². The Morgan fingerprint density at radius 1 is 1.08 bits per heavy atom. The van der Waals surface area contributed by atoms with Crippen LogP contribution in [0.15, 0.2) is 47.6 Å². The highest BCUT2D eigenvalue weighted by atomic mass is 16.5. The fourth-order valence-corrected chi connectivity index (χ4v) is 2.71. The molecule has 0 saturated heterocycles. The molecule has 0 aromatic heterocycles. The van der Waals surface area contributed by atoms with Gasteiger partial charge in [-0.05, 0) is 26.3 Å². The normalized spacial score (nSPS) is 14.6. The molecule has 0 atom stereocenters. The summed E-state index contributed by atoms with van der Waals surface area (Å²) in [6, 6.07) is 7.15. The Bertz CT molecular complexity index is 672. The topological polar surface area (TPSA) is 104 Å². The van der Waals surface area contributed by atoms with Gasteiger partial charge in [0.25, 0.3) is 0 Å². The molecular weight excluding hydrogens is 336 g/mol. The summed E-state index contributed by atoms with van der Waals surface area (Å²) in [5.74, 6) is -1.60. The SMILES string of the molecule is CCC(C=C(C)C(=O)O)(C=C(C)C(=O)O)c1ccccc1OCCCO. The van der Waals surface area contributed by atoms with E-state index in [1.54, 1.807) is 36.4 Å². The third-order valence-electron chi connectivity index (χ3n) is 4.16. The molecule has 0 spiro atoms. The van der Waals surface area contributed by atoms with Crippen LogP contribution in [-0.4, -0.2) is 40.5 Å². The van der Waals surface area contributed by atoms with E-state index in [0.717, 1.165) is 0 Å². The van der Waals surface area contributed by atoms with Crippen molar-refractivity contribution in [3.05, 3.63) is 53.1 Å². The summed E-state index contributed by atoms with van der Waals surface area (Å²) in [6.07, 6.45) is 4.04. The quantitative estimate of drug-likeness (QED) is 0.436. The molecule has 0 fully saturated rings. The van der Waals surface area contributed by atoms with E-state index in [9.17, 15) is 19.8 Å². The first-order chi connectivity index (χ1) is 12.3. The van der Waals surface area contributed by atoms with E-state index in [0.29, 0.717) is 30.8 Å². The number of ether oxygens (including phenoxy) is 1. The van der Waals surface area contributed by atoms with Crippen LogP contribution in [0.3, 0.4) is 0 Å². The lowest BCUT2D eigenvalue weighted by atomic mass is 9.75. The molecule has 0 radical (unpaired) electrons. The van der Waals surface area contributed by atoms with Gasteiger partial charge < -0.3 is 20.1 Å². The van der Waals surface area contributed by atoms with E-state index in [-0.39, 0.29) is 17.8 Å². The zero-order valence-corrected chi connectivity index (χ0v) is 15.4. The molecule has 0 heterocycles. The van der Waals surface area contributed by atoms with Crippen LogP contribution in [0.1, 0.15) is 39.2 Å². The van der Waals surface area contributed by atoms with Gasteiger partial charge >= 0.3 is 11.9 Å². The summed E-state index contributed by atoms with van der Waals surface area (Å²) < 4.78 is 5.76. The van der Waals surface area contributed by atoms with Gasteiger partial charge in [-0.1, -0.05) is 37.3 Å². The Hall–Kier alpha value is -2.60. The number of aliphatic hydroxyl groups is 1. The van der Waals surface area contributed by atoms with Gasteiger partial charge in [0.2, 0.25) is 0 Å². The van der Waals surface area contributed by atoms with Crippen molar-refractivity contribution in [2.45, 2.75) is 39.0 Å². The number of allylic oxidation sites excluding steroid dienone is 2. The minimum absolute atomic E-state index is 0.00284. The van der Waals surface area contributed by atoms with Crippen LogP contribution in [0, 0.1) is 0 Å². The number of aliphatic hydroxyl groups excluding tert-OH is 1. The third kappa shape index (κ3) is 5.46. The largest absolute Gasteiger partial charge is 0.493 e. The van der Waals surface area contributed by atoms with Gasteiger partial charge in [-0.3, -0.25) is 0 Å². The summed E-state index contributed by atoms with van der Waals surface area (Å²) in [5.41, 5.74) is -0.0275. The van der Waals surface area contributed by atoms with Gasteiger partial charge in [-0.15, -0.1) is 0 Å². The second kappa shape index (κ2) is 9.77. The molecule has 6 nitrogen and oxygen atoms in total. The van der Waals surface area contributed by atoms with Crippen LogP contribution in [0.4, 0.5) is 0 Å². The number of hydrogen-bond acceptors (Lipinski definition) is 4. The first-order valence-electron chi connectivity index (χ1n) is 8.46. The maximum Gasteiger partial charge on any atom is 0.330 e. The van der Waals surface area contributed by atoms with E-state index in [1.807, 2.05) is 6.92 Å². The van der Waals surface area contributed by atoms with Crippen molar-refractivity contribution >= 4 is 11.9 Å². The number of carbonyl (C=O) groups is 2. The van der Waals surface area contributed by atoms with Crippen LogP contribution in [0.5, 0.6) is 5.75 Å². The van der Waals surface area contributed by atoms with Crippen molar-refractivity contribution in [3.8, 4) is 5.75 Å². The zero-order chi connectivity index (χ0) is 19.7. The number of para-hydroxylation sites is 1. The number of hydrogen-bond donors (Lipinski definition) is 3. The molecule has 0 amide bonds. The molecule has 1 aromatic carbocycles. The van der Waals surface area contributed by atoms with Crippen LogP contribution >= 0.6 is 0 Å². The molecule has 3 N–H and O–H groups in total. The maximum atomic E-state index is 11.4. The molecule has 6 heteroatoms. The van der Waals surface area contributed by atoms with Crippen molar-refractivity contribution in [3.63, 3.8) is 0 Å². The molecule has 0 saturated carbocycles. The van der Waals surface area contributed by atoms with Crippen molar-refractivity contribution < 1.29 is 29.6 Å². The first kappa shape index (κ1) is 21.4. The minimum Gasteiger partial charge on any atom is -0.493 e. The van der Waals surface area contributed by atoms with E-state index >= 15 is 0 Å². The number of carboxylic acid groups (broad SMARTS) is 2. The molecule has 0 aliphatic rings. The van der Waals surface area contributed by atoms with Crippen molar-refractivity contribution in [2.24, 2.45) is 0 Å². The molecule has 0 unspecified atom stereocenters. The first-order valence-corrected chi connectivity index (χ1v) is 8.46. The summed E-state index contributed by atoms with van der Waals surface area (Å²) in [4.78, 5) is 22.8. The lowest BCUT2D eigenvalue weighted by Gasteiger charge is -2.30. The monoisotopic (exact) mass is 362 g/mol. The molecular formula is C20H26O6. The average Bonchev–Trinajstić information content (AvgIpc) is 2.61. The summed E-state index contributed by atoms with van der Waals surface area (Å²) in [5, 5.41) is 27.6. The fraction of sp³-hybridized carbons (Fsp3) is 0.400. The Balaban J connectivity index is 3.60. The maximum absolute atomic E-state index is 11.4. The Kier molecular flexibility index (Phi) is 8.06. The highest BCUT2D eigenvalue weighted by Crippen LogP contribution is 2.39. The van der Waals surface area contributed by atoms with Gasteiger partial charge in [0.1, 0.15) is 5.75 Å². The molecule has 26 heavy (non-hydrogen) atoms. The number of carboxylic acids is 2. The predicted octanol–water partition coefficient (Wildman–Crippen LogP) is 3.16. The lowest BCUT2D eigenvalue weighted by molar-refractivity contribution is -0.133. The smallest absolute Gasteiger partial charge is 0.330 e. The van der Waals surface area contributed by atoms with Crippen LogP contribution in [0.2, 0.25) is 0 Å². The zero-order valence-electron chi connectivity index (χ0n) is 15.4. The van der Waals surface area contributed by atoms with Crippen molar-refractivity contribution in [1.29, 1.82) is 0 Å². The van der Waals surface area contributed by atoms with Gasteiger partial charge in [0, 0.05) is 35.2 Å². The van der Waals surface area contributed by atoms with Gasteiger partial charge in [0.05, 0.1) is 6.61 Å².